The average molecular weight is 431 g/mol. The molecule has 0 aromatic heterocycles. The van der Waals surface area contributed by atoms with E-state index in [9.17, 15) is 8.42 Å². The molecule has 0 bridgehead atoms. The van der Waals surface area contributed by atoms with Crippen LogP contribution < -0.4 is 9.46 Å². The second-order valence-electron chi connectivity index (χ2n) is 8.31. The third-order valence-corrected chi connectivity index (χ3v) is 7.44. The minimum Gasteiger partial charge on any atom is -0.457 e. The zero-order valence-corrected chi connectivity index (χ0v) is 18.1. The largest absolute Gasteiger partial charge is 0.457 e. The molecule has 0 atom stereocenters. The van der Waals surface area contributed by atoms with Gasteiger partial charge in [0.25, 0.3) is 0 Å². The molecule has 4 rings (SSSR count). The van der Waals surface area contributed by atoms with Crippen molar-refractivity contribution in [3.8, 4) is 11.5 Å². The highest BCUT2D eigenvalue weighted by atomic mass is 32.2. The summed E-state index contributed by atoms with van der Waals surface area (Å²) >= 11 is 0. The van der Waals surface area contributed by atoms with E-state index in [4.69, 9.17) is 9.47 Å². The van der Waals surface area contributed by atoms with Crippen molar-refractivity contribution in [3.63, 3.8) is 0 Å². The number of likely N-dealkylation sites (tertiary alicyclic amines) is 1. The Morgan fingerprint density at radius 2 is 1.67 bits per heavy atom. The van der Waals surface area contributed by atoms with Gasteiger partial charge in [0.05, 0.1) is 4.90 Å². The number of benzene rings is 2. The lowest BCUT2D eigenvalue weighted by Crippen LogP contribution is -2.47. The normalized spacial score (nSPS) is 19.6. The van der Waals surface area contributed by atoms with Gasteiger partial charge in [-0.25, -0.2) is 13.1 Å². The second-order valence-corrected chi connectivity index (χ2v) is 10.1. The maximum atomic E-state index is 13.0. The highest BCUT2D eigenvalue weighted by Crippen LogP contribution is 2.33. The Morgan fingerprint density at radius 3 is 2.40 bits per heavy atom. The Hall–Kier alpha value is -1.93. The van der Waals surface area contributed by atoms with Crippen LogP contribution in [-0.4, -0.2) is 52.7 Å². The molecule has 0 radical (unpaired) electrons. The van der Waals surface area contributed by atoms with Crippen LogP contribution >= 0.6 is 0 Å². The van der Waals surface area contributed by atoms with Crippen LogP contribution in [0, 0.1) is 5.41 Å². The molecule has 0 aliphatic carbocycles. The smallest absolute Gasteiger partial charge is 0.240 e. The van der Waals surface area contributed by atoms with E-state index in [2.05, 4.69) is 9.62 Å². The minimum atomic E-state index is -3.64. The third-order valence-electron chi connectivity index (χ3n) is 6.04. The molecule has 0 unspecified atom stereocenters. The minimum absolute atomic E-state index is 0.0756. The summed E-state index contributed by atoms with van der Waals surface area (Å²) in [6.07, 6.45) is 4.21. The Bertz CT molecular complexity index is 921. The van der Waals surface area contributed by atoms with Gasteiger partial charge in [-0.3, -0.25) is 0 Å². The highest BCUT2D eigenvalue weighted by molar-refractivity contribution is 7.89. The lowest BCUT2D eigenvalue weighted by atomic mass is 9.80. The van der Waals surface area contributed by atoms with Crippen LogP contribution in [-0.2, 0) is 14.8 Å². The standard InChI is InChI=1S/C23H30N2O4S/c26-30(27,22-10-6-9-21(17-22)29-20-7-2-1-3-8-20)24-18-23(11-15-28-16-12-23)19-25-13-4-5-14-25/h1-3,6-10,17,24H,4-5,11-16,18-19H2. The van der Waals surface area contributed by atoms with Crippen molar-refractivity contribution in [2.45, 2.75) is 30.6 Å². The fourth-order valence-corrected chi connectivity index (χ4v) is 5.46. The molecule has 2 fully saturated rings. The van der Waals surface area contributed by atoms with Gasteiger partial charge in [0, 0.05) is 37.8 Å². The highest BCUT2D eigenvalue weighted by Gasteiger charge is 2.36. The summed E-state index contributed by atoms with van der Waals surface area (Å²) in [5, 5.41) is 0. The molecule has 7 heteroatoms. The van der Waals surface area contributed by atoms with Gasteiger partial charge < -0.3 is 14.4 Å². The Balaban J connectivity index is 1.45. The molecule has 2 saturated heterocycles. The van der Waals surface area contributed by atoms with Gasteiger partial charge in [-0.2, -0.15) is 0 Å². The molecule has 2 heterocycles. The molecule has 0 saturated carbocycles. The first kappa shape index (κ1) is 21.3. The van der Waals surface area contributed by atoms with Gasteiger partial charge in [-0.05, 0) is 63.0 Å². The van der Waals surface area contributed by atoms with Crippen molar-refractivity contribution in [3.05, 3.63) is 54.6 Å². The zero-order chi connectivity index (χ0) is 20.9. The zero-order valence-electron chi connectivity index (χ0n) is 17.3. The van der Waals surface area contributed by atoms with Crippen LogP contribution in [0.25, 0.3) is 0 Å². The molecule has 2 aromatic rings. The summed E-state index contributed by atoms with van der Waals surface area (Å²) < 4.78 is 40.3. The average Bonchev–Trinajstić information content (AvgIpc) is 3.27. The summed E-state index contributed by atoms with van der Waals surface area (Å²) in [6.45, 7) is 4.95. The number of sulfonamides is 1. The molecule has 0 spiro atoms. The molecule has 30 heavy (non-hydrogen) atoms. The van der Waals surface area contributed by atoms with E-state index in [1.165, 1.54) is 12.8 Å². The summed E-state index contributed by atoms with van der Waals surface area (Å²) in [5.41, 5.74) is -0.0756. The van der Waals surface area contributed by atoms with Crippen molar-refractivity contribution < 1.29 is 17.9 Å². The predicted molar refractivity (Wildman–Crippen MR) is 116 cm³/mol. The van der Waals surface area contributed by atoms with Gasteiger partial charge in [0.2, 0.25) is 10.0 Å². The lowest BCUT2D eigenvalue weighted by molar-refractivity contribution is 0.00157. The maximum Gasteiger partial charge on any atom is 0.240 e. The topological polar surface area (TPSA) is 67.9 Å². The Labute approximate surface area is 179 Å². The van der Waals surface area contributed by atoms with Crippen LogP contribution in [0.3, 0.4) is 0 Å². The molecule has 162 valence electrons. The Kier molecular flexibility index (Phi) is 6.73. The first-order valence-electron chi connectivity index (χ1n) is 10.7. The van der Waals surface area contributed by atoms with Crippen LogP contribution in [0.4, 0.5) is 0 Å². The van der Waals surface area contributed by atoms with Gasteiger partial charge >= 0.3 is 0 Å². The monoisotopic (exact) mass is 430 g/mol. The molecule has 2 aromatic carbocycles. The van der Waals surface area contributed by atoms with E-state index in [-0.39, 0.29) is 10.3 Å². The summed E-state index contributed by atoms with van der Waals surface area (Å²) in [6, 6.07) is 16.0. The van der Waals surface area contributed by atoms with Crippen LogP contribution in [0.15, 0.2) is 59.5 Å². The quantitative estimate of drug-likeness (QED) is 0.692. The molecular formula is C23H30N2O4S. The summed E-state index contributed by atoms with van der Waals surface area (Å²) in [5.74, 6) is 1.17. The maximum absolute atomic E-state index is 13.0. The van der Waals surface area contributed by atoms with Gasteiger partial charge in [-0.15, -0.1) is 0 Å². The van der Waals surface area contributed by atoms with E-state index < -0.39 is 10.0 Å². The third kappa shape index (κ3) is 5.40. The van der Waals surface area contributed by atoms with Crippen molar-refractivity contribution in [1.29, 1.82) is 0 Å². The number of hydrogen-bond donors (Lipinski definition) is 1. The number of ether oxygens (including phenoxy) is 2. The van der Waals surface area contributed by atoms with Crippen LogP contribution in [0.2, 0.25) is 0 Å². The van der Waals surface area contributed by atoms with Gasteiger partial charge in [0.1, 0.15) is 11.5 Å². The van der Waals surface area contributed by atoms with E-state index in [0.717, 1.165) is 32.5 Å². The molecule has 0 amide bonds. The number of nitrogens with one attached hydrogen (secondary N) is 1. The van der Waals surface area contributed by atoms with E-state index in [0.29, 0.717) is 31.3 Å². The number of para-hydroxylation sites is 1. The molecule has 2 aliphatic rings. The first-order chi connectivity index (χ1) is 14.5. The second kappa shape index (κ2) is 9.47. The van der Waals surface area contributed by atoms with Crippen molar-refractivity contribution in [2.75, 3.05) is 39.4 Å². The van der Waals surface area contributed by atoms with E-state index >= 15 is 0 Å². The van der Waals surface area contributed by atoms with Crippen LogP contribution in [0.5, 0.6) is 11.5 Å². The lowest BCUT2D eigenvalue weighted by Gasteiger charge is -2.40. The van der Waals surface area contributed by atoms with Gasteiger partial charge in [0.15, 0.2) is 0 Å². The predicted octanol–water partition coefficient (Wildman–Crippen LogP) is 3.65. The van der Waals surface area contributed by atoms with Crippen LogP contribution in [0.1, 0.15) is 25.7 Å². The fraction of sp³-hybridized carbons (Fsp3) is 0.478. The first-order valence-corrected chi connectivity index (χ1v) is 12.2. The van der Waals surface area contributed by atoms with E-state index in [1.54, 1.807) is 24.3 Å². The number of rotatable bonds is 8. The summed E-state index contributed by atoms with van der Waals surface area (Å²) in [7, 11) is -3.64. The molecule has 2 aliphatic heterocycles. The molecule has 6 nitrogen and oxygen atoms in total. The van der Waals surface area contributed by atoms with Crippen molar-refractivity contribution in [1.82, 2.24) is 9.62 Å². The number of hydrogen-bond acceptors (Lipinski definition) is 5. The molecular weight excluding hydrogens is 400 g/mol. The van der Waals surface area contributed by atoms with Gasteiger partial charge in [-0.1, -0.05) is 24.3 Å². The SMILES string of the molecule is O=S(=O)(NCC1(CN2CCCC2)CCOCC1)c1cccc(Oc2ccccc2)c1. The Morgan fingerprint density at radius 1 is 0.967 bits per heavy atom. The fourth-order valence-electron chi connectivity index (χ4n) is 4.27. The van der Waals surface area contributed by atoms with Crippen molar-refractivity contribution >= 4 is 10.0 Å². The number of nitrogens with zero attached hydrogens (tertiary/aromatic N) is 1. The van der Waals surface area contributed by atoms with Crippen molar-refractivity contribution in [2.24, 2.45) is 5.41 Å². The molecule has 1 N–H and O–H groups in total. The van der Waals surface area contributed by atoms with E-state index in [1.807, 2.05) is 30.3 Å². The summed E-state index contributed by atoms with van der Waals surface area (Å²) in [4.78, 5) is 2.69.